The Bertz CT molecular complexity index is 398. The normalized spacial score (nSPS) is 13.9. The van der Waals surface area contributed by atoms with E-state index >= 15 is 0 Å². The largest absolute Gasteiger partial charge is 0.405 e. The summed E-state index contributed by atoms with van der Waals surface area (Å²) in [4.78, 5) is 11.0. The van der Waals surface area contributed by atoms with Crippen molar-refractivity contribution in [2.75, 3.05) is 6.16 Å². The van der Waals surface area contributed by atoms with Gasteiger partial charge < -0.3 is 4.52 Å². The molecule has 1 unspecified atom stereocenters. The molecule has 0 spiro atoms. The van der Waals surface area contributed by atoms with Gasteiger partial charge in [0.2, 0.25) is 0 Å². The van der Waals surface area contributed by atoms with Gasteiger partial charge in [-0.15, -0.1) is 0 Å². The van der Waals surface area contributed by atoms with Crippen molar-refractivity contribution in [1.29, 1.82) is 0 Å². The summed E-state index contributed by atoms with van der Waals surface area (Å²) in [6.07, 6.45) is 1.29. The molecule has 0 aliphatic carbocycles. The fourth-order valence-electron chi connectivity index (χ4n) is 1.09. The summed E-state index contributed by atoms with van der Waals surface area (Å²) in [6.45, 7) is 4.99. The van der Waals surface area contributed by atoms with Crippen molar-refractivity contribution >= 4 is 18.6 Å². The molecule has 0 N–H and O–H groups in total. The Labute approximate surface area is 89.2 Å². The van der Waals surface area contributed by atoms with Gasteiger partial charge in [0.25, 0.3) is 7.37 Å². The van der Waals surface area contributed by atoms with Crippen molar-refractivity contribution < 1.29 is 13.9 Å². The van der Waals surface area contributed by atoms with Gasteiger partial charge in [-0.3, -0.25) is 4.57 Å². The monoisotopic (exact) mass is 223 g/mol. The van der Waals surface area contributed by atoms with E-state index in [2.05, 4.69) is 12.6 Å². The summed E-state index contributed by atoms with van der Waals surface area (Å²) < 4.78 is 17.2. The van der Waals surface area contributed by atoms with Crippen molar-refractivity contribution in [2.24, 2.45) is 0 Å². The summed E-state index contributed by atoms with van der Waals surface area (Å²) in [6, 6.07) is 9.37. The predicted molar refractivity (Wildman–Crippen MR) is 59.3 cm³/mol. The Kier molecular flexibility index (Phi) is 3.87. The topological polar surface area (TPSA) is 43.4 Å². The van der Waals surface area contributed by atoms with E-state index in [0.29, 0.717) is 5.30 Å². The first-order valence-electron chi connectivity index (χ1n) is 4.54. The molecule has 15 heavy (non-hydrogen) atoms. The van der Waals surface area contributed by atoms with Crippen LogP contribution in [0.25, 0.3) is 0 Å². The Morgan fingerprint density at radius 3 is 2.67 bits per heavy atom. The highest BCUT2D eigenvalue weighted by molar-refractivity contribution is 7.67. The van der Waals surface area contributed by atoms with Crippen LogP contribution in [0.5, 0.6) is 0 Å². The molecule has 0 aliphatic rings. The van der Waals surface area contributed by atoms with E-state index in [1.165, 1.54) is 0 Å². The zero-order valence-electron chi connectivity index (χ0n) is 8.47. The molecule has 0 heterocycles. The highest BCUT2D eigenvalue weighted by atomic mass is 31.2. The Morgan fingerprint density at radius 2 is 2.20 bits per heavy atom. The molecule has 0 saturated carbocycles. The van der Waals surface area contributed by atoms with Crippen LogP contribution >= 0.6 is 7.37 Å². The van der Waals surface area contributed by atoms with Gasteiger partial charge in [-0.1, -0.05) is 25.6 Å². The lowest BCUT2D eigenvalue weighted by Crippen LogP contribution is -2.11. The number of benzene rings is 1. The van der Waals surface area contributed by atoms with Gasteiger partial charge in [0.05, 0.1) is 0 Å². The standard InChI is InChI=1S/C11H12O3P/c1-3-11(12)14-15(13,4-2)10-8-6-5-7-9-10/h3,6-9H,1,4H2,2H3. The van der Waals surface area contributed by atoms with Crippen LogP contribution in [-0.4, -0.2) is 12.1 Å². The van der Waals surface area contributed by atoms with E-state index < -0.39 is 13.3 Å². The van der Waals surface area contributed by atoms with Gasteiger partial charge in [0.1, 0.15) is 0 Å². The number of rotatable bonds is 4. The Morgan fingerprint density at radius 1 is 1.60 bits per heavy atom. The van der Waals surface area contributed by atoms with Crippen molar-refractivity contribution in [3.05, 3.63) is 43.0 Å². The van der Waals surface area contributed by atoms with Gasteiger partial charge in [0.15, 0.2) is 0 Å². The summed E-state index contributed by atoms with van der Waals surface area (Å²) in [5.74, 6) is -0.659. The van der Waals surface area contributed by atoms with Crippen molar-refractivity contribution in [3.8, 4) is 0 Å². The molecule has 1 aromatic carbocycles. The highest BCUT2D eigenvalue weighted by Gasteiger charge is 2.26. The van der Waals surface area contributed by atoms with Gasteiger partial charge in [-0.25, -0.2) is 4.79 Å². The maximum Gasteiger partial charge on any atom is 0.335 e. The van der Waals surface area contributed by atoms with Crippen LogP contribution in [0.1, 0.15) is 6.92 Å². The second-order valence-electron chi connectivity index (χ2n) is 2.86. The second-order valence-corrected chi connectivity index (χ2v) is 5.54. The van der Waals surface area contributed by atoms with Crippen LogP contribution < -0.4 is 5.30 Å². The van der Waals surface area contributed by atoms with E-state index in [0.717, 1.165) is 6.08 Å². The predicted octanol–water partition coefficient (Wildman–Crippen LogP) is 2.14. The lowest BCUT2D eigenvalue weighted by atomic mass is 10.4. The lowest BCUT2D eigenvalue weighted by Gasteiger charge is -2.15. The number of hydrogen-bond donors (Lipinski definition) is 0. The summed E-state index contributed by atoms with van der Waals surface area (Å²) in [7, 11) is -3.07. The molecule has 0 amide bonds. The molecule has 0 saturated heterocycles. The van der Waals surface area contributed by atoms with Crippen LogP contribution in [0.15, 0.2) is 36.9 Å². The second kappa shape index (κ2) is 4.94. The van der Waals surface area contributed by atoms with Crippen LogP contribution in [0, 0.1) is 6.07 Å². The lowest BCUT2D eigenvalue weighted by molar-refractivity contribution is -0.128. The number of carbonyl (C=O) groups is 1. The molecule has 1 atom stereocenters. The number of hydrogen-bond acceptors (Lipinski definition) is 3. The van der Waals surface area contributed by atoms with E-state index in [1.54, 1.807) is 31.2 Å². The van der Waals surface area contributed by atoms with E-state index in [4.69, 9.17) is 4.52 Å². The summed E-state index contributed by atoms with van der Waals surface area (Å²) in [5, 5.41) is 0.527. The minimum Gasteiger partial charge on any atom is -0.405 e. The molecular formula is C11H12O3P. The van der Waals surface area contributed by atoms with Gasteiger partial charge in [0, 0.05) is 17.5 Å². The zero-order chi connectivity index (χ0) is 11.3. The summed E-state index contributed by atoms with van der Waals surface area (Å²) in [5.41, 5.74) is 0. The smallest absolute Gasteiger partial charge is 0.335 e. The minimum absolute atomic E-state index is 0.274. The molecule has 3 nitrogen and oxygen atoms in total. The van der Waals surface area contributed by atoms with E-state index in [-0.39, 0.29) is 6.16 Å². The van der Waals surface area contributed by atoms with Crippen LogP contribution in [0.3, 0.4) is 0 Å². The summed E-state index contributed by atoms with van der Waals surface area (Å²) >= 11 is 0. The zero-order valence-corrected chi connectivity index (χ0v) is 9.37. The Hall–Kier alpha value is -1.34. The van der Waals surface area contributed by atoms with Crippen LogP contribution in [0.2, 0.25) is 0 Å². The number of carbonyl (C=O) groups excluding carboxylic acids is 1. The first-order chi connectivity index (χ1) is 7.12. The van der Waals surface area contributed by atoms with Crippen molar-refractivity contribution in [1.82, 2.24) is 0 Å². The SMILES string of the molecule is C=CC(=O)OP(=O)(CC)c1cc[c]cc1. The highest BCUT2D eigenvalue weighted by Crippen LogP contribution is 2.45. The minimum atomic E-state index is -3.07. The van der Waals surface area contributed by atoms with Gasteiger partial charge in [-0.2, -0.15) is 0 Å². The molecule has 0 aromatic heterocycles. The quantitative estimate of drug-likeness (QED) is 0.580. The third-order valence-electron chi connectivity index (χ3n) is 1.91. The molecular weight excluding hydrogens is 211 g/mol. The van der Waals surface area contributed by atoms with E-state index in [1.807, 2.05) is 0 Å². The first-order valence-corrected chi connectivity index (χ1v) is 6.35. The third-order valence-corrected chi connectivity index (χ3v) is 4.31. The first kappa shape index (κ1) is 11.7. The molecule has 1 radical (unpaired) electrons. The Balaban J connectivity index is 3.01. The molecule has 1 rings (SSSR count). The molecule has 0 fully saturated rings. The molecule has 4 heteroatoms. The average Bonchev–Trinajstić information content (AvgIpc) is 2.30. The molecule has 0 aliphatic heterocycles. The van der Waals surface area contributed by atoms with E-state index in [9.17, 15) is 9.36 Å². The van der Waals surface area contributed by atoms with Gasteiger partial charge in [-0.05, 0) is 18.2 Å². The fourth-order valence-corrected chi connectivity index (χ4v) is 2.66. The maximum absolute atomic E-state index is 12.2. The van der Waals surface area contributed by atoms with Crippen molar-refractivity contribution in [2.45, 2.75) is 6.92 Å². The molecule has 0 bridgehead atoms. The van der Waals surface area contributed by atoms with Gasteiger partial charge >= 0.3 is 5.97 Å². The average molecular weight is 223 g/mol. The molecule has 79 valence electrons. The molecule has 1 aromatic rings. The fraction of sp³-hybridized carbons (Fsp3) is 0.182. The maximum atomic E-state index is 12.2. The van der Waals surface area contributed by atoms with Crippen LogP contribution in [-0.2, 0) is 13.9 Å². The van der Waals surface area contributed by atoms with Crippen LogP contribution in [0.4, 0.5) is 0 Å². The third kappa shape index (κ3) is 2.80. The van der Waals surface area contributed by atoms with Crippen molar-refractivity contribution in [3.63, 3.8) is 0 Å².